The van der Waals surface area contributed by atoms with E-state index < -0.39 is 17.4 Å². The minimum atomic E-state index is -0.654. The zero-order chi connectivity index (χ0) is 25.5. The number of anilines is 2. The van der Waals surface area contributed by atoms with Crippen LogP contribution in [-0.2, 0) is 15.9 Å². The third kappa shape index (κ3) is 4.31. The number of pyridine rings is 1. The molecule has 3 aliphatic heterocycles. The van der Waals surface area contributed by atoms with E-state index in [2.05, 4.69) is 14.9 Å². The molecular formula is C26H24FN5O5. The Morgan fingerprint density at radius 1 is 1.05 bits per heavy atom. The fourth-order valence-corrected chi connectivity index (χ4v) is 4.80. The number of fused-ring (bicyclic) bond motifs is 1. The van der Waals surface area contributed by atoms with Gasteiger partial charge in [-0.2, -0.15) is 0 Å². The van der Waals surface area contributed by atoms with Crippen LogP contribution in [0.4, 0.5) is 20.6 Å². The number of halogens is 1. The van der Waals surface area contributed by atoms with Crippen LogP contribution in [0.5, 0.6) is 5.75 Å². The van der Waals surface area contributed by atoms with Crippen molar-refractivity contribution in [2.75, 3.05) is 49.3 Å². The molecule has 2 aromatic heterocycles. The van der Waals surface area contributed by atoms with Crippen molar-refractivity contribution in [3.05, 3.63) is 75.7 Å². The number of amides is 1. The van der Waals surface area contributed by atoms with E-state index >= 15 is 0 Å². The van der Waals surface area contributed by atoms with Crippen LogP contribution in [0.3, 0.4) is 0 Å². The number of aromatic nitrogens is 2. The van der Waals surface area contributed by atoms with Gasteiger partial charge < -0.3 is 19.5 Å². The molecule has 0 aliphatic carbocycles. The summed E-state index contributed by atoms with van der Waals surface area (Å²) in [4.78, 5) is 38.4. The molecule has 3 aromatic rings. The summed E-state index contributed by atoms with van der Waals surface area (Å²) in [6, 6.07) is 8.04. The van der Waals surface area contributed by atoms with Crippen LogP contribution < -0.4 is 15.4 Å². The van der Waals surface area contributed by atoms with Gasteiger partial charge in [0.25, 0.3) is 0 Å². The Bertz CT molecular complexity index is 1510. The molecule has 6 rings (SSSR count). The second-order valence-corrected chi connectivity index (χ2v) is 9.10. The Morgan fingerprint density at radius 3 is 2.57 bits per heavy atom. The van der Waals surface area contributed by atoms with Crippen molar-refractivity contribution < 1.29 is 23.8 Å². The number of benzene rings is 1. The molecule has 2 fully saturated rings. The average molecular weight is 506 g/mol. The molecule has 190 valence electrons. The maximum Gasteiger partial charge on any atom is 0.414 e. The molecule has 0 spiro atoms. The van der Waals surface area contributed by atoms with Gasteiger partial charge in [-0.1, -0.05) is 12.1 Å². The lowest BCUT2D eigenvalue weighted by atomic mass is 10.0. The summed E-state index contributed by atoms with van der Waals surface area (Å²) < 4.78 is 25.1. The van der Waals surface area contributed by atoms with Gasteiger partial charge in [0, 0.05) is 31.9 Å². The van der Waals surface area contributed by atoms with Crippen molar-refractivity contribution in [1.82, 2.24) is 9.38 Å². The van der Waals surface area contributed by atoms with Crippen molar-refractivity contribution in [3.63, 3.8) is 0 Å². The van der Waals surface area contributed by atoms with E-state index in [9.17, 15) is 19.1 Å². The van der Waals surface area contributed by atoms with Gasteiger partial charge in [0.1, 0.15) is 18.1 Å². The monoisotopic (exact) mass is 505 g/mol. The van der Waals surface area contributed by atoms with Crippen LogP contribution in [0.25, 0.3) is 5.65 Å². The van der Waals surface area contributed by atoms with Crippen molar-refractivity contribution in [1.29, 1.82) is 0 Å². The summed E-state index contributed by atoms with van der Waals surface area (Å²) in [5.74, 6) is -0.817. The molecular weight excluding hydrogens is 481 g/mol. The number of aromatic hydroxyl groups is 1. The van der Waals surface area contributed by atoms with Gasteiger partial charge in [0.15, 0.2) is 5.65 Å². The molecule has 5 heterocycles. The number of ether oxygens (including phenoxy) is 2. The summed E-state index contributed by atoms with van der Waals surface area (Å²) in [5.41, 5.74) is 3.08. The Kier molecular flexibility index (Phi) is 5.84. The number of allylic oxidation sites excluding steroid dienone is 1. The number of rotatable bonds is 5. The fourth-order valence-electron chi connectivity index (χ4n) is 4.80. The van der Waals surface area contributed by atoms with Crippen molar-refractivity contribution in [2.24, 2.45) is 4.99 Å². The van der Waals surface area contributed by atoms with Crippen molar-refractivity contribution >= 4 is 28.8 Å². The summed E-state index contributed by atoms with van der Waals surface area (Å²) in [7, 11) is 0. The lowest BCUT2D eigenvalue weighted by Crippen LogP contribution is -2.37. The van der Waals surface area contributed by atoms with Gasteiger partial charge in [0.05, 0.1) is 36.8 Å². The van der Waals surface area contributed by atoms with Gasteiger partial charge in [-0.05, 0) is 35.8 Å². The molecule has 0 saturated carbocycles. The zero-order valence-corrected chi connectivity index (χ0v) is 19.9. The number of cyclic esters (lactones) is 1. The molecule has 1 N–H and O–H groups in total. The standard InChI is InChI=1S/C26H24FN5O5/c27-18-3-1-16(2-4-18)11-17-12-20(28-14-17)22-23(33)25(34)32-15-19(30-5-8-36-9-6-30)13-21(24(32)29-22)31-7-10-37-26(31)35/h1-4,13-15,33H,5-12H2. The number of hydrogen-bond donors (Lipinski definition) is 1. The first-order chi connectivity index (χ1) is 18.0. The summed E-state index contributed by atoms with van der Waals surface area (Å²) in [6.07, 6.45) is 3.71. The highest BCUT2D eigenvalue weighted by atomic mass is 19.1. The summed E-state index contributed by atoms with van der Waals surface area (Å²) in [5, 5.41) is 10.9. The number of aliphatic imine (C=N–C) groups is 1. The molecule has 10 nitrogen and oxygen atoms in total. The quantitative estimate of drug-likeness (QED) is 0.568. The smallest absolute Gasteiger partial charge is 0.414 e. The van der Waals surface area contributed by atoms with Gasteiger partial charge in [-0.15, -0.1) is 0 Å². The van der Waals surface area contributed by atoms with Crippen LogP contribution in [0.15, 0.2) is 58.1 Å². The number of nitrogens with zero attached hydrogens (tertiary/aromatic N) is 5. The van der Waals surface area contributed by atoms with Crippen molar-refractivity contribution in [2.45, 2.75) is 12.8 Å². The van der Waals surface area contributed by atoms with E-state index in [0.717, 1.165) is 11.1 Å². The Hall–Kier alpha value is -4.25. The highest BCUT2D eigenvalue weighted by Gasteiger charge is 2.30. The molecule has 3 aliphatic rings. The molecule has 0 bridgehead atoms. The summed E-state index contributed by atoms with van der Waals surface area (Å²) >= 11 is 0. The fraction of sp³-hybridized carbons (Fsp3) is 0.308. The minimum Gasteiger partial charge on any atom is -0.501 e. The highest BCUT2D eigenvalue weighted by molar-refractivity contribution is 6.05. The van der Waals surface area contributed by atoms with Gasteiger partial charge >= 0.3 is 11.7 Å². The predicted molar refractivity (Wildman–Crippen MR) is 134 cm³/mol. The SMILES string of the molecule is O=C1OCCN1c1cc(N2CCOCC2)cn2c(=O)c(O)c(C3=NC=C(Cc4ccc(F)cc4)C3)nc12. The highest BCUT2D eigenvalue weighted by Crippen LogP contribution is 2.31. The topological polar surface area (TPSA) is 109 Å². The first-order valence-corrected chi connectivity index (χ1v) is 12.0. The first-order valence-electron chi connectivity index (χ1n) is 12.0. The maximum atomic E-state index is 13.4. The van der Waals surface area contributed by atoms with Crippen molar-refractivity contribution in [3.8, 4) is 5.75 Å². The second-order valence-electron chi connectivity index (χ2n) is 9.10. The minimum absolute atomic E-state index is 0.0725. The van der Waals surface area contributed by atoms with Crippen LogP contribution in [0.2, 0.25) is 0 Å². The molecule has 1 amide bonds. The number of carbonyl (C=O) groups excluding carboxylic acids is 1. The van der Waals surface area contributed by atoms with E-state index in [0.29, 0.717) is 62.8 Å². The van der Waals surface area contributed by atoms with Gasteiger partial charge in [-0.25, -0.2) is 14.2 Å². The zero-order valence-electron chi connectivity index (χ0n) is 19.9. The molecule has 0 radical (unpaired) electrons. The third-order valence-electron chi connectivity index (χ3n) is 6.71. The Labute approximate surface area is 210 Å². The first kappa shape index (κ1) is 23.2. The van der Waals surface area contributed by atoms with E-state index in [1.54, 1.807) is 24.5 Å². The molecule has 11 heteroatoms. The predicted octanol–water partition coefficient (Wildman–Crippen LogP) is 2.65. The van der Waals surface area contributed by atoms with Crippen LogP contribution in [0, 0.1) is 5.82 Å². The van der Waals surface area contributed by atoms with E-state index in [1.807, 2.05) is 6.07 Å². The molecule has 2 saturated heterocycles. The number of morpholine rings is 1. The van der Waals surface area contributed by atoms with E-state index in [-0.39, 0.29) is 23.8 Å². The lowest BCUT2D eigenvalue weighted by molar-refractivity contribution is 0.122. The molecule has 1 aromatic carbocycles. The van der Waals surface area contributed by atoms with Gasteiger partial charge in [-0.3, -0.25) is 19.1 Å². The molecule has 0 unspecified atom stereocenters. The lowest BCUT2D eigenvalue weighted by Gasteiger charge is -2.30. The third-order valence-corrected chi connectivity index (χ3v) is 6.71. The number of hydrogen-bond acceptors (Lipinski definition) is 8. The summed E-state index contributed by atoms with van der Waals surface area (Å²) in [6.45, 7) is 2.89. The van der Waals surface area contributed by atoms with Gasteiger partial charge in [0.2, 0.25) is 5.75 Å². The largest absolute Gasteiger partial charge is 0.501 e. The normalized spacial score (nSPS) is 17.8. The maximum absolute atomic E-state index is 13.4. The Morgan fingerprint density at radius 2 is 1.84 bits per heavy atom. The average Bonchev–Trinajstić information content (AvgIpc) is 3.56. The Balaban J connectivity index is 1.39. The van der Waals surface area contributed by atoms with Crippen LogP contribution in [-0.4, -0.2) is 65.8 Å². The number of carbonyl (C=O) groups is 1. The van der Waals surface area contributed by atoms with E-state index in [1.165, 1.54) is 21.4 Å². The van der Waals surface area contributed by atoms with Crippen LogP contribution >= 0.6 is 0 Å². The van der Waals surface area contributed by atoms with E-state index in [4.69, 9.17) is 9.47 Å². The molecule has 37 heavy (non-hydrogen) atoms. The second kappa shape index (κ2) is 9.32. The molecule has 0 atom stereocenters. The van der Waals surface area contributed by atoms with Crippen LogP contribution in [0.1, 0.15) is 17.7 Å².